The van der Waals surface area contributed by atoms with Gasteiger partial charge in [-0.25, -0.2) is 9.59 Å². The summed E-state index contributed by atoms with van der Waals surface area (Å²) in [5.74, 6) is -2.04. The van der Waals surface area contributed by atoms with Crippen molar-refractivity contribution >= 4 is 18.0 Å². The van der Waals surface area contributed by atoms with Crippen LogP contribution in [0.15, 0.2) is 49.0 Å². The van der Waals surface area contributed by atoms with Gasteiger partial charge >= 0.3 is 11.9 Å². The molecule has 0 atom stereocenters. The number of carbonyl (C=O) groups is 2. The maximum atomic E-state index is 11.1. The van der Waals surface area contributed by atoms with Gasteiger partial charge in [0.1, 0.15) is 5.75 Å². The lowest BCUT2D eigenvalue weighted by Gasteiger charge is -2.08. The van der Waals surface area contributed by atoms with E-state index in [0.717, 1.165) is 31.7 Å². The summed E-state index contributed by atoms with van der Waals surface area (Å²) in [5, 5.41) is 18.2. The first-order valence-electron chi connectivity index (χ1n) is 11.5. The second-order valence-corrected chi connectivity index (χ2v) is 8.08. The molecule has 0 saturated heterocycles. The van der Waals surface area contributed by atoms with Crippen LogP contribution >= 0.6 is 0 Å². The minimum Gasteiger partial charge on any atom is -0.494 e. The number of rotatable bonds is 16. The zero-order chi connectivity index (χ0) is 23.2. The molecular weight excluding hydrogens is 404 g/mol. The summed E-state index contributed by atoms with van der Waals surface area (Å²) >= 11 is 0. The lowest BCUT2D eigenvalue weighted by atomic mass is 10.0. The van der Waals surface area contributed by atoms with Gasteiger partial charge in [0.05, 0.1) is 17.7 Å². The molecule has 172 valence electrons. The maximum absolute atomic E-state index is 11.1. The Morgan fingerprint density at radius 2 is 1.25 bits per heavy atom. The van der Waals surface area contributed by atoms with E-state index in [4.69, 9.17) is 14.9 Å². The van der Waals surface area contributed by atoms with Crippen molar-refractivity contribution in [2.45, 2.75) is 64.2 Å². The molecule has 0 saturated carbocycles. The molecule has 5 heteroatoms. The van der Waals surface area contributed by atoms with Gasteiger partial charge in [-0.15, -0.1) is 0 Å². The Labute approximate surface area is 190 Å². The number of ether oxygens (including phenoxy) is 1. The molecule has 2 rings (SSSR count). The molecule has 0 unspecified atom stereocenters. The highest BCUT2D eigenvalue weighted by Crippen LogP contribution is 2.19. The Hall–Kier alpha value is -3.08. The molecule has 0 heterocycles. The van der Waals surface area contributed by atoms with Crippen molar-refractivity contribution < 1.29 is 24.5 Å². The van der Waals surface area contributed by atoms with Gasteiger partial charge in [0.25, 0.3) is 0 Å². The first-order chi connectivity index (χ1) is 15.5. The average Bonchev–Trinajstić information content (AvgIpc) is 2.79. The zero-order valence-electron chi connectivity index (χ0n) is 18.7. The van der Waals surface area contributed by atoms with Crippen LogP contribution < -0.4 is 4.74 Å². The number of hydrogen-bond acceptors (Lipinski definition) is 3. The third-order valence-corrected chi connectivity index (χ3v) is 5.49. The number of aryl methyl sites for hydroxylation is 1. The normalized spacial score (nSPS) is 10.6. The van der Waals surface area contributed by atoms with Crippen molar-refractivity contribution in [3.63, 3.8) is 0 Å². The Morgan fingerprint density at radius 1 is 0.750 bits per heavy atom. The number of benzene rings is 2. The van der Waals surface area contributed by atoms with Crippen LogP contribution in [0.3, 0.4) is 0 Å². The van der Waals surface area contributed by atoms with Crippen LogP contribution in [-0.4, -0.2) is 28.8 Å². The van der Waals surface area contributed by atoms with Crippen molar-refractivity contribution in [2.24, 2.45) is 0 Å². The molecule has 0 bridgehead atoms. The molecule has 0 fully saturated rings. The van der Waals surface area contributed by atoms with E-state index in [2.05, 4.69) is 30.8 Å². The predicted octanol–water partition coefficient (Wildman–Crippen LogP) is 6.86. The van der Waals surface area contributed by atoms with Crippen LogP contribution in [0, 0.1) is 0 Å². The molecule has 2 N–H and O–H groups in total. The fourth-order valence-electron chi connectivity index (χ4n) is 3.61. The standard InChI is InChI=1S/C27H34O5/c1-2-21-13-15-22(16-14-21)12-10-8-6-4-3-5-7-9-11-17-32-25-19-23(26(28)29)18-24(20-25)27(30)31/h2,13-16,18-20H,1,3-12,17H2,(H,28,29)(H,30,31). The van der Waals surface area contributed by atoms with E-state index < -0.39 is 11.9 Å². The van der Waals surface area contributed by atoms with Crippen molar-refractivity contribution in [1.82, 2.24) is 0 Å². The van der Waals surface area contributed by atoms with E-state index in [1.54, 1.807) is 0 Å². The quantitative estimate of drug-likeness (QED) is 0.280. The SMILES string of the molecule is C=Cc1ccc(CCCCCCCCCCCOc2cc(C(=O)O)cc(C(=O)O)c2)cc1. The molecule has 0 spiro atoms. The molecule has 2 aromatic rings. The van der Waals surface area contributed by atoms with Crippen molar-refractivity contribution in [3.05, 3.63) is 71.3 Å². The molecule has 2 aromatic carbocycles. The number of carboxylic acids is 2. The van der Waals surface area contributed by atoms with E-state index >= 15 is 0 Å². The molecule has 0 aliphatic rings. The van der Waals surface area contributed by atoms with Crippen LogP contribution in [0.2, 0.25) is 0 Å². The largest absolute Gasteiger partial charge is 0.494 e. The maximum Gasteiger partial charge on any atom is 0.335 e. The highest BCUT2D eigenvalue weighted by atomic mass is 16.5. The first-order valence-corrected chi connectivity index (χ1v) is 11.5. The number of unbranched alkanes of at least 4 members (excludes halogenated alkanes) is 8. The van der Waals surface area contributed by atoms with Crippen LogP contribution in [0.25, 0.3) is 6.08 Å². The van der Waals surface area contributed by atoms with Gasteiger partial charge in [0, 0.05) is 0 Å². The Balaban J connectivity index is 1.49. The van der Waals surface area contributed by atoms with Crippen LogP contribution in [-0.2, 0) is 6.42 Å². The fourth-order valence-corrected chi connectivity index (χ4v) is 3.61. The highest BCUT2D eigenvalue weighted by Gasteiger charge is 2.12. The predicted molar refractivity (Wildman–Crippen MR) is 128 cm³/mol. The Bertz CT molecular complexity index is 838. The third-order valence-electron chi connectivity index (χ3n) is 5.49. The number of hydrogen-bond donors (Lipinski definition) is 2. The summed E-state index contributed by atoms with van der Waals surface area (Å²) < 4.78 is 5.58. The van der Waals surface area contributed by atoms with Gasteiger partial charge in [-0.1, -0.05) is 81.9 Å². The second kappa shape index (κ2) is 14.1. The van der Waals surface area contributed by atoms with Crippen molar-refractivity contribution in [2.75, 3.05) is 6.61 Å². The summed E-state index contributed by atoms with van der Waals surface area (Å²) in [7, 11) is 0. The van der Waals surface area contributed by atoms with E-state index in [9.17, 15) is 9.59 Å². The van der Waals surface area contributed by atoms with Gasteiger partial charge in [-0.2, -0.15) is 0 Å². The van der Waals surface area contributed by atoms with E-state index in [-0.39, 0.29) is 11.1 Å². The van der Waals surface area contributed by atoms with Crippen LogP contribution in [0.4, 0.5) is 0 Å². The van der Waals surface area contributed by atoms with Gasteiger partial charge in [0.15, 0.2) is 0 Å². The number of carboxylic acid groups (broad SMARTS) is 2. The van der Waals surface area contributed by atoms with Gasteiger partial charge in [-0.05, 0) is 48.6 Å². The number of aromatic carboxylic acids is 2. The second-order valence-electron chi connectivity index (χ2n) is 8.08. The van der Waals surface area contributed by atoms with Crippen LogP contribution in [0.5, 0.6) is 5.75 Å². The Morgan fingerprint density at radius 3 is 1.75 bits per heavy atom. The fraction of sp³-hybridized carbons (Fsp3) is 0.407. The summed E-state index contributed by atoms with van der Waals surface area (Å²) in [6, 6.07) is 12.5. The lowest BCUT2D eigenvalue weighted by molar-refractivity contribution is 0.0696. The van der Waals surface area contributed by atoms with E-state index in [1.807, 2.05) is 6.08 Å². The summed E-state index contributed by atoms with van der Waals surface area (Å²) in [5.41, 5.74) is 2.41. The van der Waals surface area contributed by atoms with Crippen LogP contribution in [0.1, 0.15) is 89.6 Å². The van der Waals surface area contributed by atoms with Gasteiger partial charge in [-0.3, -0.25) is 0 Å². The highest BCUT2D eigenvalue weighted by molar-refractivity contribution is 5.94. The van der Waals surface area contributed by atoms with E-state index in [0.29, 0.717) is 12.4 Å². The average molecular weight is 439 g/mol. The van der Waals surface area contributed by atoms with E-state index in [1.165, 1.54) is 61.8 Å². The summed E-state index contributed by atoms with van der Waals surface area (Å²) in [6.07, 6.45) is 13.6. The first kappa shape index (κ1) is 25.2. The molecular formula is C27H34O5. The Kier molecular flexibility index (Phi) is 11.1. The molecule has 0 radical (unpaired) electrons. The molecule has 0 amide bonds. The van der Waals surface area contributed by atoms with Gasteiger partial charge in [0.2, 0.25) is 0 Å². The van der Waals surface area contributed by atoms with Crippen molar-refractivity contribution in [3.8, 4) is 5.75 Å². The van der Waals surface area contributed by atoms with Gasteiger partial charge < -0.3 is 14.9 Å². The minimum absolute atomic E-state index is 0.0782. The monoisotopic (exact) mass is 438 g/mol. The summed E-state index contributed by atoms with van der Waals surface area (Å²) in [6.45, 7) is 4.23. The molecule has 32 heavy (non-hydrogen) atoms. The topological polar surface area (TPSA) is 83.8 Å². The molecule has 0 aliphatic carbocycles. The summed E-state index contributed by atoms with van der Waals surface area (Å²) in [4.78, 5) is 22.2. The molecule has 5 nitrogen and oxygen atoms in total. The molecule has 0 aliphatic heterocycles. The smallest absolute Gasteiger partial charge is 0.335 e. The van der Waals surface area contributed by atoms with Crippen molar-refractivity contribution in [1.29, 1.82) is 0 Å². The third kappa shape index (κ3) is 9.38. The lowest BCUT2D eigenvalue weighted by Crippen LogP contribution is -2.05. The minimum atomic E-state index is -1.17. The molecule has 0 aromatic heterocycles. The zero-order valence-corrected chi connectivity index (χ0v) is 18.7.